The van der Waals surface area contributed by atoms with Crippen molar-refractivity contribution in [3.8, 4) is 11.1 Å². The van der Waals surface area contributed by atoms with Gasteiger partial charge in [0.15, 0.2) is 0 Å². The van der Waals surface area contributed by atoms with Crippen molar-refractivity contribution < 1.29 is 9.18 Å². The first kappa shape index (κ1) is 23.5. The largest absolute Gasteiger partial charge is 0.373 e. The van der Waals surface area contributed by atoms with Gasteiger partial charge in [0, 0.05) is 49.4 Å². The minimum atomic E-state index is -0.693. The fourth-order valence-electron chi connectivity index (χ4n) is 3.16. The third-order valence-corrected chi connectivity index (χ3v) is 5.96. The zero-order valence-electron chi connectivity index (χ0n) is 18.8. The summed E-state index contributed by atoms with van der Waals surface area (Å²) in [5, 5.41) is 8.99. The van der Waals surface area contributed by atoms with E-state index in [1.165, 1.54) is 10.6 Å². The molecule has 1 aromatic carbocycles. The average Bonchev–Trinajstić information content (AvgIpc) is 2.76. The van der Waals surface area contributed by atoms with Crippen molar-refractivity contribution in [2.45, 2.75) is 27.2 Å². The standard InChI is InChI=1S/C23H27ClFN5O2/c1-6-23(2,3)12-28-22(32)29-18-8-14(16(24)9-17(18)25)15-7-13-11-27-20(26-4)10-19(13)30(5)21(15)31/h7-11H,6,12H2,1-5H3,(H,26,27)(H2,28,29,32). The Morgan fingerprint density at radius 2 is 1.94 bits per heavy atom. The highest BCUT2D eigenvalue weighted by atomic mass is 35.5. The van der Waals surface area contributed by atoms with Gasteiger partial charge in [-0.2, -0.15) is 0 Å². The van der Waals surface area contributed by atoms with Gasteiger partial charge in [0.1, 0.15) is 11.6 Å². The number of nitrogens with one attached hydrogen (secondary N) is 3. The number of hydrogen-bond donors (Lipinski definition) is 3. The Bertz CT molecular complexity index is 1240. The summed E-state index contributed by atoms with van der Waals surface area (Å²) in [5.41, 5.74) is 0.825. The number of nitrogens with zero attached hydrogens (tertiary/aromatic N) is 2. The molecule has 3 N–H and O–H groups in total. The van der Waals surface area contributed by atoms with Gasteiger partial charge in [-0.05, 0) is 30.0 Å². The smallest absolute Gasteiger partial charge is 0.319 e. The van der Waals surface area contributed by atoms with Gasteiger partial charge in [-0.15, -0.1) is 0 Å². The number of fused-ring (bicyclic) bond motifs is 1. The van der Waals surface area contributed by atoms with Gasteiger partial charge in [0.05, 0.1) is 16.2 Å². The number of amides is 2. The number of carbonyl (C=O) groups is 1. The van der Waals surface area contributed by atoms with E-state index in [-0.39, 0.29) is 27.2 Å². The van der Waals surface area contributed by atoms with E-state index in [0.717, 1.165) is 17.9 Å². The topological polar surface area (TPSA) is 88.0 Å². The number of aryl methyl sites for hydroxylation is 1. The lowest BCUT2D eigenvalue weighted by atomic mass is 9.90. The molecule has 0 spiro atoms. The van der Waals surface area contributed by atoms with E-state index in [1.54, 1.807) is 32.4 Å². The Balaban J connectivity index is 2.00. The Kier molecular flexibility index (Phi) is 6.74. The molecule has 0 saturated carbocycles. The van der Waals surface area contributed by atoms with Gasteiger partial charge in [-0.3, -0.25) is 4.79 Å². The van der Waals surface area contributed by atoms with Gasteiger partial charge >= 0.3 is 6.03 Å². The molecule has 3 rings (SSSR count). The fourth-order valence-corrected chi connectivity index (χ4v) is 3.41. The van der Waals surface area contributed by atoms with Gasteiger partial charge in [-0.1, -0.05) is 32.4 Å². The summed E-state index contributed by atoms with van der Waals surface area (Å²) in [6, 6.07) is 5.36. The molecule has 32 heavy (non-hydrogen) atoms. The fraction of sp³-hybridized carbons (Fsp3) is 0.348. The predicted molar refractivity (Wildman–Crippen MR) is 128 cm³/mol. The van der Waals surface area contributed by atoms with E-state index in [2.05, 4.69) is 20.9 Å². The Hall–Kier alpha value is -3.13. The molecule has 0 aliphatic heterocycles. The summed E-state index contributed by atoms with van der Waals surface area (Å²) < 4.78 is 16.0. The first-order valence-corrected chi connectivity index (χ1v) is 10.7. The molecular weight excluding hydrogens is 433 g/mol. The molecule has 0 unspecified atom stereocenters. The third kappa shape index (κ3) is 4.85. The molecule has 7 nitrogen and oxygen atoms in total. The Labute approximate surface area is 191 Å². The third-order valence-electron chi connectivity index (χ3n) is 5.64. The molecule has 0 bridgehead atoms. The second kappa shape index (κ2) is 9.16. The molecule has 170 valence electrons. The lowest BCUT2D eigenvalue weighted by molar-refractivity contribution is 0.244. The molecule has 2 heterocycles. The van der Waals surface area contributed by atoms with E-state index < -0.39 is 11.8 Å². The lowest BCUT2D eigenvalue weighted by Crippen LogP contribution is -2.36. The van der Waals surface area contributed by atoms with Crippen LogP contribution in [0, 0.1) is 11.2 Å². The number of halogens is 2. The van der Waals surface area contributed by atoms with Crippen LogP contribution in [0.5, 0.6) is 0 Å². The van der Waals surface area contributed by atoms with E-state index in [0.29, 0.717) is 23.4 Å². The first-order valence-electron chi connectivity index (χ1n) is 10.3. The van der Waals surface area contributed by atoms with E-state index in [1.807, 2.05) is 20.8 Å². The first-order chi connectivity index (χ1) is 15.1. The number of hydrogen-bond acceptors (Lipinski definition) is 4. The van der Waals surface area contributed by atoms with Crippen LogP contribution in [0.25, 0.3) is 22.0 Å². The van der Waals surface area contributed by atoms with Crippen molar-refractivity contribution in [3.63, 3.8) is 0 Å². The molecule has 0 atom stereocenters. The molecular formula is C23H27ClFN5O2. The Morgan fingerprint density at radius 3 is 2.59 bits per heavy atom. The maximum atomic E-state index is 14.5. The summed E-state index contributed by atoms with van der Waals surface area (Å²) in [4.78, 5) is 29.7. The minimum Gasteiger partial charge on any atom is -0.373 e. The van der Waals surface area contributed by atoms with Crippen LogP contribution in [-0.2, 0) is 7.05 Å². The van der Waals surface area contributed by atoms with Crippen LogP contribution in [0.3, 0.4) is 0 Å². The highest BCUT2D eigenvalue weighted by molar-refractivity contribution is 6.33. The predicted octanol–water partition coefficient (Wildman–Crippen LogP) is 4.99. The summed E-state index contributed by atoms with van der Waals surface area (Å²) in [6.07, 6.45) is 2.52. The zero-order chi connectivity index (χ0) is 23.6. The molecule has 9 heteroatoms. The molecule has 0 aliphatic rings. The average molecular weight is 460 g/mol. The van der Waals surface area contributed by atoms with Crippen molar-refractivity contribution >= 4 is 40.0 Å². The number of benzene rings is 1. The second-order valence-corrected chi connectivity index (χ2v) is 8.85. The summed E-state index contributed by atoms with van der Waals surface area (Å²) in [6.45, 7) is 6.52. The second-order valence-electron chi connectivity index (χ2n) is 8.44. The number of urea groups is 1. The quantitative estimate of drug-likeness (QED) is 0.484. The molecule has 0 radical (unpaired) electrons. The SMILES string of the molecule is CCC(C)(C)CNC(=O)Nc1cc(-c2cc3cnc(NC)cc3n(C)c2=O)c(Cl)cc1F. The summed E-state index contributed by atoms with van der Waals surface area (Å²) in [5.74, 6) is -0.0644. The van der Waals surface area contributed by atoms with Crippen molar-refractivity contribution in [1.82, 2.24) is 14.9 Å². The van der Waals surface area contributed by atoms with E-state index >= 15 is 0 Å². The van der Waals surface area contributed by atoms with Crippen LogP contribution in [0.1, 0.15) is 27.2 Å². The van der Waals surface area contributed by atoms with Gasteiger partial charge in [-0.25, -0.2) is 14.2 Å². The monoisotopic (exact) mass is 459 g/mol. The van der Waals surface area contributed by atoms with Crippen molar-refractivity contribution in [2.24, 2.45) is 12.5 Å². The number of carbonyl (C=O) groups excluding carboxylic acids is 1. The maximum absolute atomic E-state index is 14.5. The number of pyridine rings is 2. The maximum Gasteiger partial charge on any atom is 0.319 e. The number of anilines is 2. The van der Waals surface area contributed by atoms with Gasteiger partial charge in [0.2, 0.25) is 0 Å². The molecule has 0 aliphatic carbocycles. The highest BCUT2D eigenvalue weighted by Crippen LogP contribution is 2.32. The van der Waals surface area contributed by atoms with Crippen molar-refractivity contribution in [1.29, 1.82) is 0 Å². The highest BCUT2D eigenvalue weighted by Gasteiger charge is 2.19. The molecule has 3 aromatic rings. The lowest BCUT2D eigenvalue weighted by Gasteiger charge is -2.23. The summed E-state index contributed by atoms with van der Waals surface area (Å²) in [7, 11) is 3.39. The molecule has 2 amide bonds. The number of rotatable bonds is 6. The van der Waals surface area contributed by atoms with Gasteiger partial charge < -0.3 is 20.5 Å². The summed E-state index contributed by atoms with van der Waals surface area (Å²) >= 11 is 6.29. The van der Waals surface area contributed by atoms with Crippen LogP contribution in [0.15, 0.2) is 35.3 Å². The van der Waals surface area contributed by atoms with Crippen LogP contribution in [0.2, 0.25) is 5.02 Å². The molecule has 0 fully saturated rings. The van der Waals surface area contributed by atoms with Crippen LogP contribution >= 0.6 is 11.6 Å². The van der Waals surface area contributed by atoms with Crippen molar-refractivity contribution in [2.75, 3.05) is 24.2 Å². The number of aromatic nitrogens is 2. The van der Waals surface area contributed by atoms with Gasteiger partial charge in [0.25, 0.3) is 5.56 Å². The molecule has 2 aromatic heterocycles. The van der Waals surface area contributed by atoms with Crippen LogP contribution in [-0.4, -0.2) is 29.2 Å². The zero-order valence-corrected chi connectivity index (χ0v) is 19.5. The Morgan fingerprint density at radius 1 is 1.22 bits per heavy atom. The minimum absolute atomic E-state index is 0.0665. The van der Waals surface area contributed by atoms with Crippen LogP contribution < -0.4 is 21.5 Å². The normalized spacial score (nSPS) is 11.5. The molecule has 0 saturated heterocycles. The van der Waals surface area contributed by atoms with E-state index in [9.17, 15) is 14.0 Å². The van der Waals surface area contributed by atoms with Crippen molar-refractivity contribution in [3.05, 3.63) is 51.7 Å². The van der Waals surface area contributed by atoms with Crippen LogP contribution in [0.4, 0.5) is 20.7 Å². The van der Waals surface area contributed by atoms with E-state index in [4.69, 9.17) is 11.6 Å².